The van der Waals surface area contributed by atoms with Gasteiger partial charge in [-0.1, -0.05) is 19.7 Å². The van der Waals surface area contributed by atoms with Gasteiger partial charge in [-0.05, 0) is 19.9 Å². The summed E-state index contributed by atoms with van der Waals surface area (Å²) in [7, 11) is 0. The van der Waals surface area contributed by atoms with E-state index in [-0.39, 0.29) is 11.5 Å². The number of ether oxygens (including phenoxy) is 1. The van der Waals surface area contributed by atoms with Crippen LogP contribution in [0.5, 0.6) is 0 Å². The lowest BCUT2D eigenvalue weighted by atomic mass is 10.4. The molecular weight excluding hydrogens is 238 g/mol. The smallest absolute Gasteiger partial charge is 0.330 e. The van der Waals surface area contributed by atoms with Gasteiger partial charge in [0.05, 0.1) is 6.61 Å². The number of hydrogen-bond acceptors (Lipinski definition) is 4. The van der Waals surface area contributed by atoms with Crippen LogP contribution in [0.25, 0.3) is 0 Å². The van der Waals surface area contributed by atoms with E-state index in [1.807, 2.05) is 0 Å². The highest BCUT2D eigenvalue weighted by atomic mass is 16.5. The van der Waals surface area contributed by atoms with Gasteiger partial charge in [-0.3, -0.25) is 4.79 Å². The van der Waals surface area contributed by atoms with Crippen molar-refractivity contribution in [1.29, 1.82) is 0 Å². The van der Waals surface area contributed by atoms with Crippen LogP contribution >= 0.6 is 0 Å². The van der Waals surface area contributed by atoms with Gasteiger partial charge in [0.1, 0.15) is 0 Å². The lowest BCUT2D eigenvalue weighted by molar-refractivity contribution is -0.137. The Labute approximate surface area is 106 Å². The maximum absolute atomic E-state index is 10.1. The van der Waals surface area contributed by atoms with Crippen molar-refractivity contribution < 1.29 is 24.2 Å². The number of primary amides is 1. The van der Waals surface area contributed by atoms with Crippen molar-refractivity contribution in [2.75, 3.05) is 6.61 Å². The van der Waals surface area contributed by atoms with E-state index < -0.39 is 11.9 Å². The molecule has 6 nitrogen and oxygen atoms in total. The standard InChI is InChI=1S/C5H8O2.C4H6O2.C3H5NO/c1-3-5(6)7-4-2;1-3(2)4(5)6;1-2-3(4)5/h3H,1,4H2,2H3;1H2,2H3,(H,5,6);2H,1H2,(H2,4,5). The average molecular weight is 257 g/mol. The number of carbonyl (C=O) groups excluding carboxylic acids is 2. The summed E-state index contributed by atoms with van der Waals surface area (Å²) in [6.07, 6.45) is 2.20. The van der Waals surface area contributed by atoms with Gasteiger partial charge in [-0.2, -0.15) is 0 Å². The largest absolute Gasteiger partial charge is 0.478 e. The molecule has 0 fully saturated rings. The van der Waals surface area contributed by atoms with Crippen molar-refractivity contribution in [3.63, 3.8) is 0 Å². The zero-order valence-corrected chi connectivity index (χ0v) is 10.6. The summed E-state index contributed by atoms with van der Waals surface area (Å²) < 4.78 is 4.43. The third-order valence-electron chi connectivity index (χ3n) is 1.02. The Hall–Kier alpha value is -2.37. The van der Waals surface area contributed by atoms with Gasteiger partial charge in [0.25, 0.3) is 0 Å². The van der Waals surface area contributed by atoms with Crippen LogP contribution in [-0.4, -0.2) is 29.6 Å². The lowest BCUT2D eigenvalue weighted by Gasteiger charge is -1.90. The van der Waals surface area contributed by atoms with E-state index in [1.54, 1.807) is 6.92 Å². The Morgan fingerprint density at radius 2 is 1.61 bits per heavy atom. The van der Waals surface area contributed by atoms with Gasteiger partial charge in [0.15, 0.2) is 0 Å². The third kappa shape index (κ3) is 29.2. The fourth-order valence-electron chi connectivity index (χ4n) is 0.201. The first kappa shape index (κ1) is 21.0. The molecule has 0 saturated carbocycles. The van der Waals surface area contributed by atoms with Gasteiger partial charge < -0.3 is 15.6 Å². The number of rotatable bonds is 4. The number of carboxylic acid groups (broad SMARTS) is 1. The summed E-state index contributed by atoms with van der Waals surface area (Å²) in [6, 6.07) is 0. The molecule has 0 aliphatic carbocycles. The van der Waals surface area contributed by atoms with E-state index in [0.29, 0.717) is 6.61 Å². The summed E-state index contributed by atoms with van der Waals surface area (Å²) in [5, 5.41) is 7.89. The topological polar surface area (TPSA) is 107 Å². The summed E-state index contributed by atoms with van der Waals surface area (Å²) in [4.78, 5) is 29.1. The van der Waals surface area contributed by atoms with E-state index in [2.05, 4.69) is 30.2 Å². The van der Waals surface area contributed by atoms with Gasteiger partial charge in [-0.25, -0.2) is 9.59 Å². The lowest BCUT2D eigenvalue weighted by Crippen LogP contribution is -2.04. The van der Waals surface area contributed by atoms with Gasteiger partial charge >= 0.3 is 11.9 Å². The maximum atomic E-state index is 10.1. The Balaban J connectivity index is -0.000000190. The number of amides is 1. The fraction of sp³-hybridized carbons (Fsp3) is 0.250. The predicted octanol–water partition coefficient (Wildman–Crippen LogP) is 1.04. The second-order valence-electron chi connectivity index (χ2n) is 2.65. The summed E-state index contributed by atoms with van der Waals surface area (Å²) >= 11 is 0. The molecule has 0 heterocycles. The second-order valence-corrected chi connectivity index (χ2v) is 2.65. The van der Waals surface area contributed by atoms with E-state index in [4.69, 9.17) is 5.11 Å². The Morgan fingerprint density at radius 1 is 1.28 bits per heavy atom. The SMILES string of the molecule is C=C(C)C(=O)O.C=CC(=O)OCC.C=CC(N)=O. The molecule has 0 unspecified atom stereocenters. The van der Waals surface area contributed by atoms with Crippen LogP contribution in [0, 0.1) is 0 Å². The minimum Gasteiger partial charge on any atom is -0.478 e. The van der Waals surface area contributed by atoms with Crippen molar-refractivity contribution >= 4 is 17.8 Å². The molecule has 0 bridgehead atoms. The molecule has 0 aromatic heterocycles. The van der Waals surface area contributed by atoms with Crippen LogP contribution in [0.3, 0.4) is 0 Å². The molecule has 0 aliphatic heterocycles. The van der Waals surface area contributed by atoms with E-state index in [0.717, 1.165) is 12.2 Å². The second kappa shape index (κ2) is 14.6. The van der Waals surface area contributed by atoms with Crippen LogP contribution in [0.15, 0.2) is 37.5 Å². The maximum Gasteiger partial charge on any atom is 0.330 e. The molecule has 0 saturated heterocycles. The molecule has 0 atom stereocenters. The van der Waals surface area contributed by atoms with E-state index >= 15 is 0 Å². The molecule has 3 N–H and O–H groups in total. The van der Waals surface area contributed by atoms with Gasteiger partial charge in [-0.15, -0.1) is 0 Å². The molecular formula is C12H19NO5. The fourth-order valence-corrected chi connectivity index (χ4v) is 0.201. The number of esters is 1. The van der Waals surface area contributed by atoms with Crippen molar-refractivity contribution in [3.05, 3.63) is 37.5 Å². The number of carboxylic acids is 1. The minimum atomic E-state index is -0.935. The first-order chi connectivity index (χ1) is 8.22. The molecule has 6 heteroatoms. The average Bonchev–Trinajstić information content (AvgIpc) is 2.30. The molecule has 0 aromatic carbocycles. The summed E-state index contributed by atoms with van der Waals surface area (Å²) in [6.45, 7) is 13.1. The molecule has 0 aliphatic rings. The van der Waals surface area contributed by atoms with Crippen molar-refractivity contribution in [2.45, 2.75) is 13.8 Å². The predicted molar refractivity (Wildman–Crippen MR) is 68.7 cm³/mol. The Morgan fingerprint density at radius 3 is 1.67 bits per heavy atom. The molecule has 18 heavy (non-hydrogen) atoms. The Kier molecular flexibility index (Phi) is 17.0. The van der Waals surface area contributed by atoms with Gasteiger partial charge in [0.2, 0.25) is 5.91 Å². The number of hydrogen-bond donors (Lipinski definition) is 2. The molecule has 102 valence electrons. The van der Waals surface area contributed by atoms with E-state index in [1.165, 1.54) is 6.92 Å². The third-order valence-corrected chi connectivity index (χ3v) is 1.02. The van der Waals surface area contributed by atoms with Crippen molar-refractivity contribution in [3.8, 4) is 0 Å². The van der Waals surface area contributed by atoms with Crippen LogP contribution in [0.4, 0.5) is 0 Å². The van der Waals surface area contributed by atoms with E-state index in [9.17, 15) is 14.4 Å². The molecule has 0 radical (unpaired) electrons. The van der Waals surface area contributed by atoms with Crippen LogP contribution in [0.2, 0.25) is 0 Å². The molecule has 0 rings (SSSR count). The normalized spacial score (nSPS) is 7.22. The van der Waals surface area contributed by atoms with Crippen molar-refractivity contribution in [2.24, 2.45) is 5.73 Å². The number of aliphatic carboxylic acids is 1. The van der Waals surface area contributed by atoms with Gasteiger partial charge in [0, 0.05) is 11.6 Å². The van der Waals surface area contributed by atoms with Crippen molar-refractivity contribution in [1.82, 2.24) is 0 Å². The minimum absolute atomic E-state index is 0.176. The molecule has 1 amide bonds. The number of nitrogens with two attached hydrogens (primary N) is 1. The highest BCUT2D eigenvalue weighted by Crippen LogP contribution is 1.81. The first-order valence-corrected chi connectivity index (χ1v) is 4.82. The molecule has 0 spiro atoms. The molecule has 0 aromatic rings. The van der Waals surface area contributed by atoms with Crippen LogP contribution < -0.4 is 5.73 Å². The van der Waals surface area contributed by atoms with Crippen LogP contribution in [-0.2, 0) is 19.1 Å². The zero-order chi connectivity index (χ0) is 15.1. The van der Waals surface area contributed by atoms with Crippen LogP contribution in [0.1, 0.15) is 13.8 Å². The Bertz CT molecular complexity index is 308. The first-order valence-electron chi connectivity index (χ1n) is 4.82. The highest BCUT2D eigenvalue weighted by molar-refractivity contribution is 5.85. The number of carbonyl (C=O) groups is 3. The quantitative estimate of drug-likeness (QED) is 0.578. The monoisotopic (exact) mass is 257 g/mol. The zero-order valence-electron chi connectivity index (χ0n) is 10.6. The summed E-state index contributed by atoms with van der Waals surface area (Å²) in [5.74, 6) is -1.78. The highest BCUT2D eigenvalue weighted by Gasteiger charge is 1.90. The summed E-state index contributed by atoms with van der Waals surface area (Å²) in [5.41, 5.74) is 4.71.